The number of carboxylic acids is 1. The van der Waals surface area contributed by atoms with Gasteiger partial charge in [-0.2, -0.15) is 0 Å². The van der Waals surface area contributed by atoms with Gasteiger partial charge < -0.3 is 14.9 Å². The number of aliphatic hydroxyl groups is 1. The number of rotatable bonds is 5. The Hall–Kier alpha value is -2.40. The number of carboxylic acid groups (broad SMARTS) is 1. The molecule has 0 aliphatic heterocycles. The molecule has 19 heavy (non-hydrogen) atoms. The average molecular weight is 259 g/mol. The maximum absolute atomic E-state index is 10.8. The van der Waals surface area contributed by atoms with Crippen LogP contribution in [0.25, 0.3) is 0 Å². The molecule has 2 aromatic rings. The van der Waals surface area contributed by atoms with Crippen LogP contribution in [-0.2, 0) is 6.42 Å². The maximum atomic E-state index is 10.8. The van der Waals surface area contributed by atoms with Gasteiger partial charge in [0.25, 0.3) is 0 Å². The topological polar surface area (TPSA) is 79.7 Å². The van der Waals surface area contributed by atoms with E-state index in [1.807, 2.05) is 12.1 Å². The second-order valence-electron chi connectivity index (χ2n) is 3.90. The zero-order valence-electron chi connectivity index (χ0n) is 10.1. The number of ether oxygens (including phenoxy) is 1. The molecule has 0 saturated carbocycles. The highest BCUT2D eigenvalue weighted by atomic mass is 16.5. The second kappa shape index (κ2) is 5.97. The molecule has 2 N–H and O–H groups in total. The van der Waals surface area contributed by atoms with Crippen molar-refractivity contribution in [1.82, 2.24) is 4.98 Å². The van der Waals surface area contributed by atoms with E-state index >= 15 is 0 Å². The summed E-state index contributed by atoms with van der Waals surface area (Å²) >= 11 is 0. The normalized spacial score (nSPS) is 10.2. The monoisotopic (exact) mass is 259 g/mol. The molecule has 0 amide bonds. The van der Waals surface area contributed by atoms with Crippen LogP contribution in [0, 0.1) is 0 Å². The average Bonchev–Trinajstić information content (AvgIpc) is 2.42. The van der Waals surface area contributed by atoms with Gasteiger partial charge in [0.15, 0.2) is 5.69 Å². The maximum Gasteiger partial charge on any atom is 0.354 e. The highest BCUT2D eigenvalue weighted by Crippen LogP contribution is 2.21. The Morgan fingerprint density at radius 2 is 1.89 bits per heavy atom. The number of pyridine rings is 1. The molecule has 5 heteroatoms. The van der Waals surface area contributed by atoms with Crippen molar-refractivity contribution in [2.75, 3.05) is 6.61 Å². The van der Waals surface area contributed by atoms with Gasteiger partial charge in [0, 0.05) is 18.9 Å². The van der Waals surface area contributed by atoms with Crippen LogP contribution in [0.3, 0.4) is 0 Å². The fourth-order valence-corrected chi connectivity index (χ4v) is 1.58. The summed E-state index contributed by atoms with van der Waals surface area (Å²) in [7, 11) is 0. The summed E-state index contributed by atoms with van der Waals surface area (Å²) in [4.78, 5) is 14.5. The van der Waals surface area contributed by atoms with E-state index in [0.29, 0.717) is 17.9 Å². The minimum absolute atomic E-state index is 0.0607. The van der Waals surface area contributed by atoms with E-state index in [2.05, 4.69) is 4.98 Å². The van der Waals surface area contributed by atoms with Crippen molar-refractivity contribution in [2.24, 2.45) is 0 Å². The fraction of sp³-hybridized carbons (Fsp3) is 0.143. The third-order valence-electron chi connectivity index (χ3n) is 2.51. The Labute approximate surface area is 110 Å². The third-order valence-corrected chi connectivity index (χ3v) is 2.51. The SMILES string of the molecule is O=C(O)c1cc(Oc2ccc(CCO)cc2)ccn1. The van der Waals surface area contributed by atoms with Crippen LogP contribution in [0.4, 0.5) is 0 Å². The molecule has 0 unspecified atom stereocenters. The van der Waals surface area contributed by atoms with Gasteiger partial charge in [-0.1, -0.05) is 12.1 Å². The zero-order valence-corrected chi connectivity index (χ0v) is 10.1. The van der Waals surface area contributed by atoms with Gasteiger partial charge in [0.2, 0.25) is 0 Å². The van der Waals surface area contributed by atoms with Gasteiger partial charge in [-0.15, -0.1) is 0 Å². The van der Waals surface area contributed by atoms with E-state index in [-0.39, 0.29) is 12.3 Å². The molecule has 0 aliphatic carbocycles. The molecule has 0 saturated heterocycles. The van der Waals surface area contributed by atoms with E-state index in [4.69, 9.17) is 14.9 Å². The highest BCUT2D eigenvalue weighted by molar-refractivity contribution is 5.85. The summed E-state index contributed by atoms with van der Waals surface area (Å²) in [6.07, 6.45) is 1.98. The van der Waals surface area contributed by atoms with Crippen LogP contribution in [0.2, 0.25) is 0 Å². The molecule has 5 nitrogen and oxygen atoms in total. The minimum Gasteiger partial charge on any atom is -0.477 e. The van der Waals surface area contributed by atoms with Crippen LogP contribution in [0.15, 0.2) is 42.6 Å². The predicted octanol–water partition coefficient (Wildman–Crippen LogP) is 2.11. The Morgan fingerprint density at radius 3 is 2.53 bits per heavy atom. The first kappa shape index (κ1) is 13.0. The quantitative estimate of drug-likeness (QED) is 0.859. The number of aromatic carboxylic acids is 1. The standard InChI is InChI=1S/C14H13NO4/c16-8-6-10-1-3-11(4-2-10)19-12-5-7-15-13(9-12)14(17)18/h1-5,7,9,16H,6,8H2,(H,17,18). The molecule has 98 valence electrons. The van der Waals surface area contributed by atoms with Crippen LogP contribution in [0.1, 0.15) is 16.1 Å². The van der Waals surface area contributed by atoms with Crippen LogP contribution < -0.4 is 4.74 Å². The fourth-order valence-electron chi connectivity index (χ4n) is 1.58. The lowest BCUT2D eigenvalue weighted by Gasteiger charge is -2.06. The molecule has 0 aliphatic rings. The smallest absolute Gasteiger partial charge is 0.354 e. The van der Waals surface area contributed by atoms with E-state index in [1.165, 1.54) is 12.3 Å². The first-order chi connectivity index (χ1) is 9.19. The van der Waals surface area contributed by atoms with Gasteiger partial charge in [-0.25, -0.2) is 9.78 Å². The Balaban J connectivity index is 2.12. The van der Waals surface area contributed by atoms with E-state index in [1.54, 1.807) is 18.2 Å². The van der Waals surface area contributed by atoms with Crippen molar-refractivity contribution in [3.05, 3.63) is 53.9 Å². The van der Waals surface area contributed by atoms with E-state index in [9.17, 15) is 4.79 Å². The lowest BCUT2D eigenvalue weighted by molar-refractivity contribution is 0.0690. The molecule has 1 aromatic heterocycles. The number of hydrogen-bond donors (Lipinski definition) is 2. The minimum atomic E-state index is -1.09. The number of hydrogen-bond acceptors (Lipinski definition) is 4. The van der Waals surface area contributed by atoms with Crippen molar-refractivity contribution < 1.29 is 19.7 Å². The molecule has 0 fully saturated rings. The van der Waals surface area contributed by atoms with Crippen LogP contribution in [-0.4, -0.2) is 27.8 Å². The van der Waals surface area contributed by atoms with Crippen molar-refractivity contribution in [3.8, 4) is 11.5 Å². The summed E-state index contributed by atoms with van der Waals surface area (Å²) in [5.74, 6) is -0.0738. The Bertz CT molecular complexity index is 566. The number of aromatic nitrogens is 1. The van der Waals surface area contributed by atoms with Crippen molar-refractivity contribution >= 4 is 5.97 Å². The number of aliphatic hydroxyl groups excluding tert-OH is 1. The molecule has 2 rings (SSSR count). The van der Waals surface area contributed by atoms with Gasteiger partial charge >= 0.3 is 5.97 Å². The van der Waals surface area contributed by atoms with E-state index < -0.39 is 5.97 Å². The van der Waals surface area contributed by atoms with Gasteiger partial charge in [-0.05, 0) is 30.2 Å². The van der Waals surface area contributed by atoms with Crippen molar-refractivity contribution in [1.29, 1.82) is 0 Å². The third kappa shape index (κ3) is 3.53. The van der Waals surface area contributed by atoms with Gasteiger partial charge in [-0.3, -0.25) is 0 Å². The lowest BCUT2D eigenvalue weighted by atomic mass is 10.1. The van der Waals surface area contributed by atoms with Crippen molar-refractivity contribution in [3.63, 3.8) is 0 Å². The molecular formula is C14H13NO4. The zero-order chi connectivity index (χ0) is 13.7. The van der Waals surface area contributed by atoms with Gasteiger partial charge in [0.1, 0.15) is 11.5 Å². The lowest BCUT2D eigenvalue weighted by Crippen LogP contribution is -1.99. The summed E-state index contributed by atoms with van der Waals surface area (Å²) < 4.78 is 5.54. The Morgan fingerprint density at radius 1 is 1.16 bits per heavy atom. The number of benzene rings is 1. The second-order valence-corrected chi connectivity index (χ2v) is 3.90. The molecule has 0 bridgehead atoms. The van der Waals surface area contributed by atoms with E-state index in [0.717, 1.165) is 5.56 Å². The predicted molar refractivity (Wildman–Crippen MR) is 68.5 cm³/mol. The molecule has 0 spiro atoms. The molecule has 1 heterocycles. The molecular weight excluding hydrogens is 246 g/mol. The first-order valence-corrected chi connectivity index (χ1v) is 5.76. The summed E-state index contributed by atoms with van der Waals surface area (Å²) in [5.41, 5.74) is 0.949. The summed E-state index contributed by atoms with van der Waals surface area (Å²) in [5, 5.41) is 17.6. The molecule has 0 atom stereocenters. The largest absolute Gasteiger partial charge is 0.477 e. The Kier molecular flexibility index (Phi) is 4.10. The highest BCUT2D eigenvalue weighted by Gasteiger charge is 2.06. The first-order valence-electron chi connectivity index (χ1n) is 5.76. The molecule has 0 radical (unpaired) electrons. The van der Waals surface area contributed by atoms with Crippen LogP contribution in [0.5, 0.6) is 11.5 Å². The molecule has 1 aromatic carbocycles. The summed E-state index contributed by atoms with van der Waals surface area (Å²) in [6.45, 7) is 0.104. The van der Waals surface area contributed by atoms with Gasteiger partial charge in [0.05, 0.1) is 0 Å². The number of carbonyl (C=O) groups is 1. The van der Waals surface area contributed by atoms with Crippen LogP contribution >= 0.6 is 0 Å². The summed E-state index contributed by atoms with van der Waals surface area (Å²) in [6, 6.07) is 10.2. The number of nitrogens with zero attached hydrogens (tertiary/aromatic N) is 1. The van der Waals surface area contributed by atoms with Crippen molar-refractivity contribution in [2.45, 2.75) is 6.42 Å².